The summed E-state index contributed by atoms with van der Waals surface area (Å²) in [6.45, 7) is -0.957. The number of nitrogens with one attached hydrogen (secondary N) is 1. The van der Waals surface area contributed by atoms with Crippen molar-refractivity contribution in [2.24, 2.45) is 0 Å². The van der Waals surface area contributed by atoms with Crippen molar-refractivity contribution in [2.75, 3.05) is 6.61 Å². The van der Waals surface area contributed by atoms with Gasteiger partial charge in [0.15, 0.2) is 6.23 Å². The van der Waals surface area contributed by atoms with E-state index in [1.165, 1.54) is 0 Å². The molecule has 2 rings (SSSR count). The predicted octanol–water partition coefficient (Wildman–Crippen LogP) is -0.355. The fraction of sp³-hybridized carbons (Fsp3) is 0.556. The van der Waals surface area contributed by atoms with E-state index in [4.69, 9.17) is 19.4 Å². The van der Waals surface area contributed by atoms with Crippen LogP contribution in [0, 0.1) is 5.82 Å². The first-order valence-corrected chi connectivity index (χ1v) is 11.7. The summed E-state index contributed by atoms with van der Waals surface area (Å²) >= 11 is 0. The van der Waals surface area contributed by atoms with Crippen molar-refractivity contribution >= 4 is 23.5 Å². The lowest BCUT2D eigenvalue weighted by Crippen LogP contribution is -2.36. The number of nitrogens with zero attached hydrogens (tertiary/aromatic N) is 1. The van der Waals surface area contributed by atoms with Gasteiger partial charge in [-0.3, -0.25) is 18.9 Å². The molecule has 29 heavy (non-hydrogen) atoms. The van der Waals surface area contributed by atoms with Gasteiger partial charge in [-0.05, 0) is 0 Å². The van der Waals surface area contributed by atoms with Crippen molar-refractivity contribution in [1.29, 1.82) is 0 Å². The van der Waals surface area contributed by atoms with Gasteiger partial charge in [0, 0.05) is 6.42 Å². The van der Waals surface area contributed by atoms with Crippen molar-refractivity contribution in [2.45, 2.75) is 24.9 Å². The van der Waals surface area contributed by atoms with Crippen LogP contribution in [0.2, 0.25) is 0 Å². The topological polar surface area (TPSA) is 224 Å². The maximum absolute atomic E-state index is 14.1. The molecule has 0 aliphatic carbocycles. The summed E-state index contributed by atoms with van der Waals surface area (Å²) < 4.78 is 77.4. The van der Waals surface area contributed by atoms with Crippen LogP contribution < -0.4 is 11.2 Å². The monoisotopic (exact) mass is 488 g/mol. The lowest BCUT2D eigenvalue weighted by atomic mass is 10.2. The third-order valence-corrected chi connectivity index (χ3v) is 6.97. The first-order chi connectivity index (χ1) is 13.1. The van der Waals surface area contributed by atoms with Gasteiger partial charge in [-0.25, -0.2) is 22.9 Å². The Hall–Kier alpha value is -1.09. The lowest BCUT2D eigenvalue weighted by molar-refractivity contribution is -0.0393. The molecule has 15 nitrogen and oxygen atoms in total. The average molecular weight is 488 g/mol. The first-order valence-electron chi connectivity index (χ1n) is 7.17. The quantitative estimate of drug-likeness (QED) is 0.295. The van der Waals surface area contributed by atoms with Crippen LogP contribution in [0.3, 0.4) is 0 Å². The van der Waals surface area contributed by atoms with Gasteiger partial charge in [-0.2, -0.15) is 13.0 Å². The molecule has 0 bridgehead atoms. The maximum Gasteiger partial charge on any atom is 0.490 e. The van der Waals surface area contributed by atoms with Gasteiger partial charge in [0.2, 0.25) is 5.82 Å². The van der Waals surface area contributed by atoms with E-state index in [1.54, 1.807) is 4.98 Å². The Morgan fingerprint density at radius 3 is 2.38 bits per heavy atom. The van der Waals surface area contributed by atoms with E-state index < -0.39 is 72.1 Å². The van der Waals surface area contributed by atoms with Crippen LogP contribution in [0.15, 0.2) is 15.8 Å². The van der Waals surface area contributed by atoms with Crippen LogP contribution >= 0.6 is 23.5 Å². The first kappa shape index (κ1) is 24.2. The van der Waals surface area contributed by atoms with Crippen molar-refractivity contribution in [3.05, 3.63) is 32.9 Å². The standard InChI is InChI=1S/C9H13F2N2O13P3/c10-5-1-4(24-8(5)13-2-6(11)7(14)12-9(13)15)3-23-28(19,20)26-29(21,22)25-27(16,17)18/h2,4-5,8H,1,3H2,(H,19,20)(H,21,22)(H,12,14,15)(H2,16,17,18)/t4-,5-,8+/m0/s1. The van der Waals surface area contributed by atoms with Gasteiger partial charge in [0.1, 0.15) is 6.17 Å². The summed E-state index contributed by atoms with van der Waals surface area (Å²) in [4.78, 5) is 59.3. The largest absolute Gasteiger partial charge is 0.490 e. The highest BCUT2D eigenvalue weighted by Gasteiger charge is 2.43. The minimum atomic E-state index is -5.72. The number of rotatable bonds is 8. The molecule has 1 aliphatic heterocycles. The molecule has 2 unspecified atom stereocenters. The summed E-state index contributed by atoms with van der Waals surface area (Å²) in [5.41, 5.74) is -2.54. The number of alkyl halides is 1. The van der Waals surface area contributed by atoms with Gasteiger partial charge in [0.05, 0.1) is 18.9 Å². The van der Waals surface area contributed by atoms with Gasteiger partial charge >= 0.3 is 29.2 Å². The highest BCUT2D eigenvalue weighted by Crippen LogP contribution is 2.66. The SMILES string of the molecule is O=c1[nH]c(=O)n([C@@H]2O[C@H](COP(=O)(O)OP(=O)(O)OP(=O)(O)O)C[C@@H]2F)cc1F. The maximum atomic E-state index is 14.1. The van der Waals surface area contributed by atoms with Crippen LogP contribution in [0.1, 0.15) is 12.6 Å². The number of halogens is 2. The zero-order valence-electron chi connectivity index (χ0n) is 13.7. The Balaban J connectivity index is 2.02. The molecule has 1 saturated heterocycles. The van der Waals surface area contributed by atoms with E-state index in [2.05, 4.69) is 13.1 Å². The Labute approximate surface area is 158 Å². The second-order valence-corrected chi connectivity index (χ2v) is 9.85. The molecule has 1 fully saturated rings. The van der Waals surface area contributed by atoms with E-state index in [9.17, 15) is 37.0 Å². The number of ether oxygens (including phenoxy) is 1. The Morgan fingerprint density at radius 2 is 1.79 bits per heavy atom. The van der Waals surface area contributed by atoms with Crippen LogP contribution in [0.5, 0.6) is 0 Å². The zero-order chi connectivity index (χ0) is 22.2. The molecule has 0 amide bonds. The number of phosphoric ester groups is 1. The third-order valence-electron chi connectivity index (χ3n) is 3.17. The number of aromatic amines is 1. The van der Waals surface area contributed by atoms with Gasteiger partial charge < -0.3 is 24.3 Å². The van der Waals surface area contributed by atoms with Crippen molar-refractivity contribution < 1.29 is 59.9 Å². The molecule has 1 aliphatic rings. The minimum absolute atomic E-state index is 0.392. The fourth-order valence-electron chi connectivity index (χ4n) is 2.18. The summed E-state index contributed by atoms with van der Waals surface area (Å²) in [6, 6.07) is 0. The van der Waals surface area contributed by atoms with Crippen molar-refractivity contribution in [1.82, 2.24) is 9.55 Å². The summed E-state index contributed by atoms with van der Waals surface area (Å²) in [7, 11) is -16.7. The average Bonchev–Trinajstić information content (AvgIpc) is 2.86. The van der Waals surface area contributed by atoms with Crippen LogP contribution in [-0.2, 0) is 31.6 Å². The number of phosphoric acid groups is 3. The molecule has 1 aromatic heterocycles. The molecule has 0 saturated carbocycles. The fourth-order valence-corrected chi connectivity index (χ4v) is 5.23. The molecule has 2 heterocycles. The zero-order valence-corrected chi connectivity index (χ0v) is 16.4. The normalized spacial score (nSPS) is 26.8. The van der Waals surface area contributed by atoms with E-state index in [0.717, 1.165) is 0 Å². The lowest BCUT2D eigenvalue weighted by Gasteiger charge is -2.18. The number of H-pyrrole nitrogens is 1. The molecular formula is C9H13F2N2O13P3. The molecule has 5 N–H and O–H groups in total. The van der Waals surface area contributed by atoms with Gasteiger partial charge in [0.25, 0.3) is 5.56 Å². The van der Waals surface area contributed by atoms with Crippen molar-refractivity contribution in [3.8, 4) is 0 Å². The highest BCUT2D eigenvalue weighted by molar-refractivity contribution is 7.66. The van der Waals surface area contributed by atoms with Gasteiger partial charge in [-0.1, -0.05) is 0 Å². The third kappa shape index (κ3) is 6.98. The van der Waals surface area contributed by atoms with E-state index in [0.29, 0.717) is 10.8 Å². The Bertz CT molecular complexity index is 1020. The number of aromatic nitrogens is 2. The molecular weight excluding hydrogens is 475 g/mol. The van der Waals surface area contributed by atoms with E-state index in [1.807, 2.05) is 0 Å². The summed E-state index contributed by atoms with van der Waals surface area (Å²) in [5, 5.41) is 0. The summed E-state index contributed by atoms with van der Waals surface area (Å²) in [6.07, 6.45) is -5.19. The molecule has 166 valence electrons. The number of hydrogen-bond donors (Lipinski definition) is 5. The van der Waals surface area contributed by atoms with E-state index in [-0.39, 0.29) is 0 Å². The minimum Gasteiger partial charge on any atom is -0.349 e. The van der Waals surface area contributed by atoms with E-state index >= 15 is 0 Å². The van der Waals surface area contributed by atoms with Crippen LogP contribution in [0.4, 0.5) is 8.78 Å². The highest BCUT2D eigenvalue weighted by atomic mass is 31.3. The van der Waals surface area contributed by atoms with Crippen LogP contribution in [-0.4, -0.2) is 48.0 Å². The molecule has 5 atom stereocenters. The Morgan fingerprint density at radius 1 is 1.17 bits per heavy atom. The summed E-state index contributed by atoms with van der Waals surface area (Å²) in [5.74, 6) is -1.41. The second kappa shape index (κ2) is 8.57. The second-order valence-electron chi connectivity index (χ2n) is 5.43. The predicted molar refractivity (Wildman–Crippen MR) is 84.5 cm³/mol. The molecule has 0 aromatic carbocycles. The number of hydrogen-bond acceptors (Lipinski definition) is 9. The molecule has 20 heteroatoms. The van der Waals surface area contributed by atoms with Crippen LogP contribution in [0.25, 0.3) is 0 Å². The Kier molecular flexibility index (Phi) is 7.15. The smallest absolute Gasteiger partial charge is 0.349 e. The van der Waals surface area contributed by atoms with Crippen molar-refractivity contribution in [3.63, 3.8) is 0 Å². The molecule has 0 spiro atoms. The molecule has 1 aromatic rings. The van der Waals surface area contributed by atoms with Gasteiger partial charge in [-0.15, -0.1) is 0 Å². The molecule has 0 radical (unpaired) electrons.